The number of carboxylic acid groups (broad SMARTS) is 1. The van der Waals surface area contributed by atoms with E-state index in [9.17, 15) is 9.59 Å². The molecule has 0 atom stereocenters. The van der Waals surface area contributed by atoms with Gasteiger partial charge < -0.3 is 24.3 Å². The van der Waals surface area contributed by atoms with E-state index in [0.717, 1.165) is 11.3 Å². The summed E-state index contributed by atoms with van der Waals surface area (Å²) in [5, 5.41) is 11.3. The number of rotatable bonds is 7. The van der Waals surface area contributed by atoms with Crippen LogP contribution in [0.5, 0.6) is 11.5 Å². The van der Waals surface area contributed by atoms with E-state index < -0.39 is 5.97 Å². The van der Waals surface area contributed by atoms with Crippen molar-refractivity contribution in [2.45, 2.75) is 13.5 Å². The van der Waals surface area contributed by atoms with E-state index >= 15 is 0 Å². The molecule has 0 aliphatic carbocycles. The van der Waals surface area contributed by atoms with Crippen molar-refractivity contribution in [3.8, 4) is 11.5 Å². The SMILES string of the molecule is COc1ccc(OCC(=O)NCc2ccc(C(=O)O)o2)cc1C. The molecule has 0 saturated carbocycles. The minimum Gasteiger partial charge on any atom is -0.496 e. The van der Waals surface area contributed by atoms with Crippen LogP contribution in [0.25, 0.3) is 0 Å². The largest absolute Gasteiger partial charge is 0.496 e. The lowest BCUT2D eigenvalue weighted by atomic mass is 10.2. The summed E-state index contributed by atoms with van der Waals surface area (Å²) in [4.78, 5) is 22.4. The fourth-order valence-electron chi connectivity index (χ4n) is 1.91. The number of carboxylic acids is 1. The zero-order valence-corrected chi connectivity index (χ0v) is 12.8. The third kappa shape index (κ3) is 4.50. The van der Waals surface area contributed by atoms with Gasteiger partial charge in [-0.25, -0.2) is 4.79 Å². The molecule has 2 rings (SSSR count). The number of nitrogens with one attached hydrogen (secondary N) is 1. The van der Waals surface area contributed by atoms with Crippen LogP contribution in [-0.4, -0.2) is 30.7 Å². The zero-order chi connectivity index (χ0) is 16.8. The second kappa shape index (κ2) is 7.35. The molecular formula is C16H17NO6. The topological polar surface area (TPSA) is 98.0 Å². The van der Waals surface area contributed by atoms with Crippen LogP contribution in [0, 0.1) is 6.92 Å². The molecule has 0 unspecified atom stereocenters. The summed E-state index contributed by atoms with van der Waals surface area (Å²) in [5.74, 6) is 0.00116. The minimum absolute atomic E-state index is 0.0944. The molecule has 122 valence electrons. The van der Waals surface area contributed by atoms with Gasteiger partial charge in [-0.1, -0.05) is 0 Å². The third-order valence-electron chi connectivity index (χ3n) is 3.07. The average Bonchev–Trinajstić information content (AvgIpc) is 3.00. The Hall–Kier alpha value is -2.96. The Kier molecular flexibility index (Phi) is 5.24. The van der Waals surface area contributed by atoms with Gasteiger partial charge in [0.05, 0.1) is 13.7 Å². The first-order chi connectivity index (χ1) is 11.0. The van der Waals surface area contributed by atoms with Gasteiger partial charge in [-0.15, -0.1) is 0 Å². The minimum atomic E-state index is -1.15. The van der Waals surface area contributed by atoms with E-state index in [1.807, 2.05) is 6.92 Å². The molecule has 7 nitrogen and oxygen atoms in total. The van der Waals surface area contributed by atoms with Crippen molar-refractivity contribution in [1.82, 2.24) is 5.32 Å². The van der Waals surface area contributed by atoms with Crippen LogP contribution >= 0.6 is 0 Å². The second-order valence-corrected chi connectivity index (χ2v) is 4.77. The summed E-state index contributed by atoms with van der Waals surface area (Å²) in [6.45, 7) is 1.82. The normalized spacial score (nSPS) is 10.2. The number of carbonyl (C=O) groups excluding carboxylic acids is 1. The highest BCUT2D eigenvalue weighted by Gasteiger charge is 2.10. The quantitative estimate of drug-likeness (QED) is 0.810. The second-order valence-electron chi connectivity index (χ2n) is 4.77. The molecule has 23 heavy (non-hydrogen) atoms. The molecule has 0 spiro atoms. The number of furan rings is 1. The summed E-state index contributed by atoms with van der Waals surface area (Å²) < 4.78 is 15.6. The van der Waals surface area contributed by atoms with Gasteiger partial charge in [0, 0.05) is 0 Å². The molecule has 2 N–H and O–H groups in total. The summed E-state index contributed by atoms with van der Waals surface area (Å²) in [6, 6.07) is 8.08. The maximum absolute atomic E-state index is 11.7. The number of hydrogen-bond acceptors (Lipinski definition) is 5. The van der Waals surface area contributed by atoms with Crippen molar-refractivity contribution in [3.05, 3.63) is 47.4 Å². The number of ether oxygens (including phenoxy) is 2. The summed E-state index contributed by atoms with van der Waals surface area (Å²) in [5.41, 5.74) is 0.905. The van der Waals surface area contributed by atoms with Gasteiger partial charge in [-0.05, 0) is 42.8 Å². The van der Waals surface area contributed by atoms with Gasteiger partial charge in [0.1, 0.15) is 17.3 Å². The highest BCUT2D eigenvalue weighted by molar-refractivity contribution is 5.84. The van der Waals surface area contributed by atoms with Crippen molar-refractivity contribution in [2.24, 2.45) is 0 Å². The lowest BCUT2D eigenvalue weighted by Crippen LogP contribution is -2.28. The van der Waals surface area contributed by atoms with E-state index in [0.29, 0.717) is 11.5 Å². The standard InChI is InChI=1S/C16H17NO6/c1-10-7-11(3-5-13(10)21-2)22-9-15(18)17-8-12-4-6-14(23-12)16(19)20/h3-7H,8-9H2,1-2H3,(H,17,18)(H,19,20). The molecule has 0 aliphatic rings. The Balaban J connectivity index is 1.80. The third-order valence-corrected chi connectivity index (χ3v) is 3.07. The molecule has 1 aromatic heterocycles. The van der Waals surface area contributed by atoms with Crippen LogP contribution in [-0.2, 0) is 11.3 Å². The van der Waals surface area contributed by atoms with E-state index in [1.54, 1.807) is 25.3 Å². The van der Waals surface area contributed by atoms with Gasteiger partial charge in [0.15, 0.2) is 6.61 Å². The molecule has 0 aliphatic heterocycles. The van der Waals surface area contributed by atoms with Gasteiger partial charge >= 0.3 is 5.97 Å². The molecule has 0 radical (unpaired) electrons. The maximum atomic E-state index is 11.7. The Morgan fingerprint density at radius 2 is 2.04 bits per heavy atom. The first-order valence-electron chi connectivity index (χ1n) is 6.85. The van der Waals surface area contributed by atoms with Crippen LogP contribution in [0.3, 0.4) is 0 Å². The highest BCUT2D eigenvalue weighted by atomic mass is 16.5. The molecular weight excluding hydrogens is 302 g/mol. The Morgan fingerprint density at radius 3 is 2.65 bits per heavy atom. The van der Waals surface area contributed by atoms with Crippen LogP contribution < -0.4 is 14.8 Å². The molecule has 7 heteroatoms. The maximum Gasteiger partial charge on any atom is 0.371 e. The molecule has 0 bridgehead atoms. The summed E-state index contributed by atoms with van der Waals surface area (Å²) in [7, 11) is 1.58. The number of hydrogen-bond donors (Lipinski definition) is 2. The molecule has 0 saturated heterocycles. The predicted molar refractivity (Wildman–Crippen MR) is 80.7 cm³/mol. The lowest BCUT2D eigenvalue weighted by Gasteiger charge is -2.09. The number of amides is 1. The Bertz CT molecular complexity index is 706. The number of benzene rings is 1. The van der Waals surface area contributed by atoms with Crippen molar-refractivity contribution in [1.29, 1.82) is 0 Å². The van der Waals surface area contributed by atoms with E-state index in [2.05, 4.69) is 5.32 Å². The molecule has 1 aromatic carbocycles. The van der Waals surface area contributed by atoms with E-state index in [4.69, 9.17) is 19.0 Å². The van der Waals surface area contributed by atoms with E-state index in [1.165, 1.54) is 12.1 Å². The Labute approximate surface area is 132 Å². The molecule has 2 aromatic rings. The molecule has 0 fully saturated rings. The molecule has 1 amide bonds. The zero-order valence-electron chi connectivity index (χ0n) is 12.8. The first kappa shape index (κ1) is 16.4. The van der Waals surface area contributed by atoms with Crippen LogP contribution in [0.4, 0.5) is 0 Å². The predicted octanol–water partition coefficient (Wildman–Crippen LogP) is 1.99. The monoisotopic (exact) mass is 319 g/mol. The summed E-state index contributed by atoms with van der Waals surface area (Å²) >= 11 is 0. The number of carbonyl (C=O) groups is 2. The van der Waals surface area contributed by atoms with Crippen molar-refractivity contribution in [2.75, 3.05) is 13.7 Å². The first-order valence-corrected chi connectivity index (χ1v) is 6.85. The smallest absolute Gasteiger partial charge is 0.371 e. The van der Waals surface area contributed by atoms with Crippen LogP contribution in [0.15, 0.2) is 34.7 Å². The fourth-order valence-corrected chi connectivity index (χ4v) is 1.91. The Morgan fingerprint density at radius 1 is 1.26 bits per heavy atom. The number of aryl methyl sites for hydroxylation is 1. The van der Waals surface area contributed by atoms with Gasteiger partial charge in [-0.3, -0.25) is 4.79 Å². The lowest BCUT2D eigenvalue weighted by molar-refractivity contribution is -0.123. The number of aromatic carboxylic acids is 1. The van der Waals surface area contributed by atoms with Crippen LogP contribution in [0.1, 0.15) is 21.9 Å². The number of methoxy groups -OCH3 is 1. The van der Waals surface area contributed by atoms with Crippen molar-refractivity contribution >= 4 is 11.9 Å². The van der Waals surface area contributed by atoms with Crippen molar-refractivity contribution in [3.63, 3.8) is 0 Å². The summed E-state index contributed by atoms with van der Waals surface area (Å²) in [6.07, 6.45) is 0. The highest BCUT2D eigenvalue weighted by Crippen LogP contribution is 2.22. The van der Waals surface area contributed by atoms with Crippen LogP contribution in [0.2, 0.25) is 0 Å². The van der Waals surface area contributed by atoms with Gasteiger partial charge in [0.25, 0.3) is 5.91 Å². The van der Waals surface area contributed by atoms with Crippen molar-refractivity contribution < 1.29 is 28.6 Å². The van der Waals surface area contributed by atoms with Gasteiger partial charge in [-0.2, -0.15) is 0 Å². The fraction of sp³-hybridized carbons (Fsp3) is 0.250. The van der Waals surface area contributed by atoms with Gasteiger partial charge in [0.2, 0.25) is 5.76 Å². The van der Waals surface area contributed by atoms with E-state index in [-0.39, 0.29) is 24.8 Å². The average molecular weight is 319 g/mol. The molecule has 1 heterocycles.